The molecule has 1 aliphatic rings. The molecule has 4 rings (SSSR count). The number of hydrogen-bond donors (Lipinski definition) is 1. The highest BCUT2D eigenvalue weighted by molar-refractivity contribution is 5.81. The van der Waals surface area contributed by atoms with Crippen molar-refractivity contribution in [3.05, 3.63) is 71.4 Å². The molecule has 0 spiro atoms. The van der Waals surface area contributed by atoms with E-state index in [4.69, 9.17) is 0 Å². The third kappa shape index (κ3) is 2.38. The molecule has 0 bridgehead atoms. The Bertz CT molecular complexity index is 787. The number of anilines is 1. The first-order valence-electron chi connectivity index (χ1n) is 7.58. The van der Waals surface area contributed by atoms with E-state index in [0.29, 0.717) is 0 Å². The summed E-state index contributed by atoms with van der Waals surface area (Å²) in [6.07, 6.45) is 5.62. The van der Waals surface area contributed by atoms with Gasteiger partial charge in [0, 0.05) is 23.8 Å². The van der Waals surface area contributed by atoms with E-state index in [2.05, 4.69) is 52.8 Å². The summed E-state index contributed by atoms with van der Waals surface area (Å²) in [7, 11) is 0. The second-order valence-electron chi connectivity index (χ2n) is 5.68. The van der Waals surface area contributed by atoms with Gasteiger partial charge in [-0.2, -0.15) is 0 Å². The number of nitrogens with one attached hydrogen (secondary N) is 1. The molecule has 2 heteroatoms. The van der Waals surface area contributed by atoms with E-state index >= 15 is 0 Å². The largest absolute Gasteiger partial charge is 0.381 e. The molecule has 0 saturated heterocycles. The Hall–Kier alpha value is -2.35. The summed E-state index contributed by atoms with van der Waals surface area (Å²) in [6.45, 7) is 0.813. The number of fused-ring (bicyclic) bond motifs is 2. The van der Waals surface area contributed by atoms with Crippen molar-refractivity contribution in [1.29, 1.82) is 0 Å². The molecule has 3 aromatic rings. The Balaban J connectivity index is 1.58. The van der Waals surface area contributed by atoms with Crippen molar-refractivity contribution < 1.29 is 0 Å². The van der Waals surface area contributed by atoms with Crippen LogP contribution in [-0.4, -0.2) is 4.98 Å². The average Bonchev–Trinajstić information content (AvgIpc) is 3.00. The van der Waals surface area contributed by atoms with Crippen LogP contribution in [0, 0.1) is 0 Å². The molecule has 0 atom stereocenters. The molecule has 0 aliphatic heterocycles. The van der Waals surface area contributed by atoms with Crippen LogP contribution in [0.4, 0.5) is 5.69 Å². The maximum absolute atomic E-state index is 4.51. The molecule has 1 aromatic heterocycles. The lowest BCUT2D eigenvalue weighted by Gasteiger charge is -2.10. The van der Waals surface area contributed by atoms with E-state index in [1.807, 2.05) is 12.3 Å². The minimum absolute atomic E-state index is 0.813. The van der Waals surface area contributed by atoms with Crippen molar-refractivity contribution in [3.63, 3.8) is 0 Å². The molecule has 21 heavy (non-hydrogen) atoms. The maximum atomic E-state index is 4.51. The summed E-state index contributed by atoms with van der Waals surface area (Å²) in [5.41, 5.74) is 6.58. The van der Waals surface area contributed by atoms with Crippen LogP contribution in [0.5, 0.6) is 0 Å². The molecule has 0 amide bonds. The molecule has 0 radical (unpaired) electrons. The van der Waals surface area contributed by atoms with Crippen LogP contribution in [0.3, 0.4) is 0 Å². The Labute approximate surface area is 124 Å². The van der Waals surface area contributed by atoms with E-state index < -0.39 is 0 Å². The van der Waals surface area contributed by atoms with Gasteiger partial charge in [0.25, 0.3) is 0 Å². The monoisotopic (exact) mass is 274 g/mol. The molecule has 1 aliphatic carbocycles. The minimum Gasteiger partial charge on any atom is -0.381 e. The SMILES string of the molecule is c1cnc2c(CNc3ccc4c(c3)CCC4)cccc2c1. The average molecular weight is 274 g/mol. The molecule has 2 nitrogen and oxygen atoms in total. The molecule has 1 heterocycles. The fourth-order valence-corrected chi connectivity index (χ4v) is 3.19. The van der Waals surface area contributed by atoms with Gasteiger partial charge in [-0.25, -0.2) is 0 Å². The highest BCUT2D eigenvalue weighted by Crippen LogP contribution is 2.25. The Kier molecular flexibility index (Phi) is 3.07. The van der Waals surface area contributed by atoms with Crippen molar-refractivity contribution in [3.8, 4) is 0 Å². The van der Waals surface area contributed by atoms with Crippen LogP contribution >= 0.6 is 0 Å². The van der Waals surface area contributed by atoms with Gasteiger partial charge < -0.3 is 5.32 Å². The molecule has 2 aromatic carbocycles. The number of nitrogens with zero attached hydrogens (tertiary/aromatic N) is 1. The fraction of sp³-hybridized carbons (Fsp3) is 0.211. The molecule has 1 N–H and O–H groups in total. The van der Waals surface area contributed by atoms with E-state index in [1.54, 1.807) is 0 Å². The van der Waals surface area contributed by atoms with Crippen LogP contribution in [0.1, 0.15) is 23.1 Å². The summed E-state index contributed by atoms with van der Waals surface area (Å²) in [5.74, 6) is 0. The first-order valence-corrected chi connectivity index (χ1v) is 7.58. The van der Waals surface area contributed by atoms with Crippen molar-refractivity contribution in [2.24, 2.45) is 0 Å². The lowest BCUT2D eigenvalue weighted by Crippen LogP contribution is -2.01. The number of aryl methyl sites for hydroxylation is 2. The first kappa shape index (κ1) is 12.4. The number of para-hydroxylation sites is 1. The Morgan fingerprint density at radius 3 is 2.86 bits per heavy atom. The quantitative estimate of drug-likeness (QED) is 0.768. The zero-order valence-electron chi connectivity index (χ0n) is 12.0. The summed E-state index contributed by atoms with van der Waals surface area (Å²) >= 11 is 0. The molecule has 0 saturated carbocycles. The highest BCUT2D eigenvalue weighted by atomic mass is 14.9. The third-order valence-electron chi connectivity index (χ3n) is 4.30. The van der Waals surface area contributed by atoms with E-state index in [-0.39, 0.29) is 0 Å². The standard InChI is InChI=1S/C19H18N2/c1-4-14-9-10-18(12-16(14)6-1)21-13-17-7-2-5-15-8-3-11-20-19(15)17/h2-3,5,7-12,21H,1,4,6,13H2. The second kappa shape index (κ2) is 5.21. The van der Waals surface area contributed by atoms with Crippen LogP contribution in [0.25, 0.3) is 10.9 Å². The van der Waals surface area contributed by atoms with Gasteiger partial charge in [-0.15, -0.1) is 0 Å². The highest BCUT2D eigenvalue weighted by Gasteiger charge is 2.10. The zero-order chi connectivity index (χ0) is 14.1. The van der Waals surface area contributed by atoms with Gasteiger partial charge >= 0.3 is 0 Å². The fourth-order valence-electron chi connectivity index (χ4n) is 3.19. The number of aromatic nitrogens is 1. The predicted molar refractivity (Wildman–Crippen MR) is 87.5 cm³/mol. The van der Waals surface area contributed by atoms with Crippen molar-refractivity contribution in [2.75, 3.05) is 5.32 Å². The molecule has 0 unspecified atom stereocenters. The summed E-state index contributed by atoms with van der Waals surface area (Å²) in [6, 6.07) is 17.2. The number of rotatable bonds is 3. The number of hydrogen-bond acceptors (Lipinski definition) is 2. The van der Waals surface area contributed by atoms with Gasteiger partial charge in [0.05, 0.1) is 5.52 Å². The van der Waals surface area contributed by atoms with Gasteiger partial charge in [0.15, 0.2) is 0 Å². The van der Waals surface area contributed by atoms with E-state index in [0.717, 1.165) is 12.1 Å². The van der Waals surface area contributed by atoms with Gasteiger partial charge in [-0.1, -0.05) is 30.3 Å². The smallest absolute Gasteiger partial charge is 0.0751 e. The maximum Gasteiger partial charge on any atom is 0.0751 e. The van der Waals surface area contributed by atoms with E-state index in [9.17, 15) is 0 Å². The second-order valence-corrected chi connectivity index (χ2v) is 5.68. The van der Waals surface area contributed by atoms with Crippen LogP contribution in [0.2, 0.25) is 0 Å². The molecule has 0 fully saturated rings. The Morgan fingerprint density at radius 1 is 0.952 bits per heavy atom. The summed E-state index contributed by atoms with van der Waals surface area (Å²) in [4.78, 5) is 4.51. The minimum atomic E-state index is 0.813. The van der Waals surface area contributed by atoms with Crippen LogP contribution in [-0.2, 0) is 19.4 Å². The van der Waals surface area contributed by atoms with Gasteiger partial charge in [-0.3, -0.25) is 4.98 Å². The summed E-state index contributed by atoms with van der Waals surface area (Å²) < 4.78 is 0. The lowest BCUT2D eigenvalue weighted by atomic mass is 10.1. The van der Waals surface area contributed by atoms with Gasteiger partial charge in [0.2, 0.25) is 0 Å². The van der Waals surface area contributed by atoms with Crippen molar-refractivity contribution in [1.82, 2.24) is 4.98 Å². The van der Waals surface area contributed by atoms with Crippen LogP contribution < -0.4 is 5.32 Å². The third-order valence-corrected chi connectivity index (χ3v) is 4.30. The lowest BCUT2D eigenvalue weighted by molar-refractivity contribution is 0.912. The normalized spacial score (nSPS) is 13.3. The first-order chi connectivity index (χ1) is 10.4. The number of pyridine rings is 1. The summed E-state index contributed by atoms with van der Waals surface area (Å²) in [5, 5.41) is 4.74. The van der Waals surface area contributed by atoms with Gasteiger partial charge in [0.1, 0.15) is 0 Å². The van der Waals surface area contributed by atoms with E-state index in [1.165, 1.54) is 47.0 Å². The topological polar surface area (TPSA) is 24.9 Å². The zero-order valence-corrected chi connectivity index (χ0v) is 12.0. The molecular formula is C19H18N2. The number of benzene rings is 2. The van der Waals surface area contributed by atoms with Crippen molar-refractivity contribution >= 4 is 16.6 Å². The van der Waals surface area contributed by atoms with Crippen LogP contribution in [0.15, 0.2) is 54.7 Å². The predicted octanol–water partition coefficient (Wildman–Crippen LogP) is 4.34. The Morgan fingerprint density at radius 2 is 1.86 bits per heavy atom. The molecule has 104 valence electrons. The van der Waals surface area contributed by atoms with Gasteiger partial charge in [-0.05, 0) is 54.2 Å². The van der Waals surface area contributed by atoms with Crippen molar-refractivity contribution in [2.45, 2.75) is 25.8 Å². The molecular weight excluding hydrogens is 256 g/mol.